The van der Waals surface area contributed by atoms with Gasteiger partial charge in [-0.15, -0.1) is 0 Å². The zero-order valence-corrected chi connectivity index (χ0v) is 17.7. The number of ether oxygens (including phenoxy) is 1. The summed E-state index contributed by atoms with van der Waals surface area (Å²) in [5, 5.41) is 2.72. The fourth-order valence-corrected chi connectivity index (χ4v) is 3.48. The fraction of sp³-hybridized carbons (Fsp3) is 0.304. The average molecular weight is 423 g/mol. The van der Waals surface area contributed by atoms with Crippen LogP contribution in [0.25, 0.3) is 0 Å². The number of hydrogen-bond donors (Lipinski definition) is 1. The van der Waals surface area contributed by atoms with Crippen molar-refractivity contribution >= 4 is 35.2 Å². The van der Waals surface area contributed by atoms with Gasteiger partial charge in [0.05, 0.1) is 24.3 Å². The van der Waals surface area contributed by atoms with Gasteiger partial charge in [0, 0.05) is 11.7 Å². The largest absolute Gasteiger partial charge is 0.462 e. The Kier molecular flexibility index (Phi) is 6.69. The van der Waals surface area contributed by atoms with Gasteiger partial charge in [-0.3, -0.25) is 9.59 Å². The molecule has 0 spiro atoms. The smallest absolute Gasteiger partial charge is 0.338 e. The van der Waals surface area contributed by atoms with Crippen molar-refractivity contribution in [1.82, 2.24) is 4.90 Å². The van der Waals surface area contributed by atoms with E-state index in [4.69, 9.17) is 4.74 Å². The topological polar surface area (TPSA) is 96.0 Å². The molecule has 1 aliphatic heterocycles. The standard InChI is InChI=1S/C23H25N3O5/c1-4-31-22(29)16-10-12-17(13-11-16)24-20(27)14-19-21(28)26(18-8-6-5-7-9-18)23(30)25(19)15(2)3/h5-13,15,19H,4,14H2,1-3H3,(H,24,27)/t19-/m0/s1. The van der Waals surface area contributed by atoms with E-state index in [9.17, 15) is 19.2 Å². The molecule has 2 aromatic rings. The first-order chi connectivity index (χ1) is 14.8. The van der Waals surface area contributed by atoms with Crippen molar-refractivity contribution in [3.05, 3.63) is 60.2 Å². The van der Waals surface area contributed by atoms with Crippen LogP contribution in [0.5, 0.6) is 0 Å². The Bertz CT molecular complexity index is 972. The summed E-state index contributed by atoms with van der Waals surface area (Å²) in [5.41, 5.74) is 1.33. The molecule has 31 heavy (non-hydrogen) atoms. The minimum Gasteiger partial charge on any atom is -0.462 e. The number of nitrogens with zero attached hydrogens (tertiary/aromatic N) is 2. The normalized spacial score (nSPS) is 16.1. The molecular formula is C23H25N3O5. The molecule has 0 saturated carbocycles. The van der Waals surface area contributed by atoms with E-state index in [0.717, 1.165) is 4.90 Å². The highest BCUT2D eigenvalue weighted by molar-refractivity contribution is 6.22. The molecule has 0 aliphatic carbocycles. The molecule has 0 radical (unpaired) electrons. The van der Waals surface area contributed by atoms with Crippen molar-refractivity contribution in [3.8, 4) is 0 Å². The third-order valence-corrected chi connectivity index (χ3v) is 4.88. The van der Waals surface area contributed by atoms with Crippen molar-refractivity contribution in [2.45, 2.75) is 39.3 Å². The van der Waals surface area contributed by atoms with Crippen molar-refractivity contribution in [2.75, 3.05) is 16.8 Å². The molecule has 1 heterocycles. The number of nitrogens with one attached hydrogen (secondary N) is 1. The van der Waals surface area contributed by atoms with Gasteiger partial charge >= 0.3 is 12.0 Å². The van der Waals surface area contributed by atoms with E-state index in [2.05, 4.69) is 5.32 Å². The Morgan fingerprint density at radius 3 is 2.26 bits per heavy atom. The van der Waals surface area contributed by atoms with Gasteiger partial charge in [0.15, 0.2) is 0 Å². The number of para-hydroxylation sites is 1. The Hall–Kier alpha value is -3.68. The lowest BCUT2D eigenvalue weighted by atomic mass is 10.1. The van der Waals surface area contributed by atoms with Crippen LogP contribution in [0.1, 0.15) is 37.6 Å². The summed E-state index contributed by atoms with van der Waals surface area (Å²) in [5.74, 6) is -1.28. The Labute approximate surface area is 180 Å². The SMILES string of the molecule is CCOC(=O)c1ccc(NC(=O)C[C@H]2C(=O)N(c3ccccc3)C(=O)N2C(C)C)cc1. The van der Waals surface area contributed by atoms with Gasteiger partial charge in [-0.25, -0.2) is 14.5 Å². The molecular weight excluding hydrogens is 398 g/mol. The number of imide groups is 1. The van der Waals surface area contributed by atoms with Crippen LogP contribution in [0, 0.1) is 0 Å². The molecule has 2 aromatic carbocycles. The lowest BCUT2D eigenvalue weighted by Crippen LogP contribution is -2.42. The molecule has 1 fully saturated rings. The quantitative estimate of drug-likeness (QED) is 0.544. The predicted molar refractivity (Wildman–Crippen MR) is 116 cm³/mol. The van der Waals surface area contributed by atoms with E-state index in [1.165, 1.54) is 4.90 Å². The molecule has 4 amide bonds. The predicted octanol–water partition coefficient (Wildman–Crippen LogP) is 3.44. The second kappa shape index (κ2) is 9.42. The summed E-state index contributed by atoms with van der Waals surface area (Å²) in [6, 6.07) is 13.3. The highest BCUT2D eigenvalue weighted by atomic mass is 16.5. The van der Waals surface area contributed by atoms with Crippen molar-refractivity contribution in [2.24, 2.45) is 0 Å². The van der Waals surface area contributed by atoms with E-state index in [-0.39, 0.29) is 19.1 Å². The molecule has 0 aromatic heterocycles. The molecule has 3 rings (SSSR count). The number of carbonyl (C=O) groups is 4. The number of esters is 1. The summed E-state index contributed by atoms with van der Waals surface area (Å²) >= 11 is 0. The maximum Gasteiger partial charge on any atom is 0.338 e. The zero-order valence-electron chi connectivity index (χ0n) is 17.7. The van der Waals surface area contributed by atoms with Gasteiger partial charge in [-0.05, 0) is 57.2 Å². The highest BCUT2D eigenvalue weighted by Crippen LogP contribution is 2.28. The number of carbonyl (C=O) groups excluding carboxylic acids is 4. The minimum atomic E-state index is -0.897. The van der Waals surface area contributed by atoms with Crippen LogP contribution in [0.4, 0.5) is 16.2 Å². The molecule has 8 nitrogen and oxygen atoms in total. The van der Waals surface area contributed by atoms with Crippen molar-refractivity contribution in [3.63, 3.8) is 0 Å². The van der Waals surface area contributed by atoms with E-state index in [0.29, 0.717) is 16.9 Å². The maximum atomic E-state index is 13.0. The number of rotatable bonds is 7. The lowest BCUT2D eigenvalue weighted by Gasteiger charge is -2.25. The number of benzene rings is 2. The molecule has 162 valence electrons. The summed E-state index contributed by atoms with van der Waals surface area (Å²) < 4.78 is 4.93. The Balaban J connectivity index is 1.72. The highest BCUT2D eigenvalue weighted by Gasteiger charge is 2.47. The second-order valence-corrected chi connectivity index (χ2v) is 7.36. The van der Waals surface area contributed by atoms with Crippen molar-refractivity contribution in [1.29, 1.82) is 0 Å². The number of anilines is 2. The van der Waals surface area contributed by atoms with Crippen LogP contribution in [-0.2, 0) is 14.3 Å². The van der Waals surface area contributed by atoms with Crippen LogP contribution >= 0.6 is 0 Å². The van der Waals surface area contributed by atoms with Gasteiger partial charge < -0.3 is 15.0 Å². The van der Waals surface area contributed by atoms with Gasteiger partial charge in [0.1, 0.15) is 6.04 Å². The van der Waals surface area contributed by atoms with Gasteiger partial charge in [0.25, 0.3) is 5.91 Å². The van der Waals surface area contributed by atoms with Crippen LogP contribution in [0.3, 0.4) is 0 Å². The van der Waals surface area contributed by atoms with E-state index >= 15 is 0 Å². The van der Waals surface area contributed by atoms with Crippen LogP contribution in [0.15, 0.2) is 54.6 Å². The van der Waals surface area contributed by atoms with Crippen LogP contribution in [0.2, 0.25) is 0 Å². The van der Waals surface area contributed by atoms with Gasteiger partial charge in [-0.1, -0.05) is 18.2 Å². The van der Waals surface area contributed by atoms with E-state index in [1.807, 2.05) is 0 Å². The first kappa shape index (κ1) is 22.0. The number of urea groups is 1. The molecule has 1 aliphatic rings. The average Bonchev–Trinajstić information content (AvgIpc) is 2.98. The zero-order chi connectivity index (χ0) is 22.5. The number of amides is 4. The molecule has 1 N–H and O–H groups in total. The summed E-state index contributed by atoms with van der Waals surface area (Å²) in [6.07, 6.45) is -0.175. The molecule has 1 atom stereocenters. The second-order valence-electron chi connectivity index (χ2n) is 7.36. The summed E-state index contributed by atoms with van der Waals surface area (Å²) in [4.78, 5) is 52.9. The first-order valence-corrected chi connectivity index (χ1v) is 10.1. The van der Waals surface area contributed by atoms with Crippen LogP contribution in [-0.4, -0.2) is 47.4 Å². The Morgan fingerprint density at radius 1 is 1.03 bits per heavy atom. The maximum absolute atomic E-state index is 13.0. The fourth-order valence-electron chi connectivity index (χ4n) is 3.48. The number of hydrogen-bond acceptors (Lipinski definition) is 5. The monoisotopic (exact) mass is 423 g/mol. The van der Waals surface area contributed by atoms with Gasteiger partial charge in [0.2, 0.25) is 5.91 Å². The van der Waals surface area contributed by atoms with E-state index in [1.54, 1.807) is 75.4 Å². The molecule has 1 saturated heterocycles. The lowest BCUT2D eigenvalue weighted by molar-refractivity contribution is -0.124. The first-order valence-electron chi connectivity index (χ1n) is 10.1. The molecule has 8 heteroatoms. The van der Waals surface area contributed by atoms with Gasteiger partial charge in [-0.2, -0.15) is 0 Å². The van der Waals surface area contributed by atoms with Crippen LogP contribution < -0.4 is 10.2 Å². The van der Waals surface area contributed by atoms with E-state index < -0.39 is 29.9 Å². The third-order valence-electron chi connectivity index (χ3n) is 4.88. The molecule has 0 bridgehead atoms. The minimum absolute atomic E-state index is 0.175. The third kappa shape index (κ3) is 4.74. The van der Waals surface area contributed by atoms with Crippen molar-refractivity contribution < 1.29 is 23.9 Å². The Morgan fingerprint density at radius 2 is 1.68 bits per heavy atom. The summed E-state index contributed by atoms with van der Waals surface area (Å²) in [6.45, 7) is 5.61. The molecule has 0 unspecified atom stereocenters. The summed E-state index contributed by atoms with van der Waals surface area (Å²) in [7, 11) is 0.